The fourth-order valence-electron chi connectivity index (χ4n) is 1.77. The Morgan fingerprint density at radius 3 is 2.81 bits per heavy atom. The first-order valence-corrected chi connectivity index (χ1v) is 6.40. The third-order valence-corrected chi connectivity index (χ3v) is 3.55. The number of thiophene rings is 1. The van der Waals surface area contributed by atoms with E-state index in [0.717, 1.165) is 0 Å². The molecule has 0 bridgehead atoms. The van der Waals surface area contributed by atoms with Gasteiger partial charge in [0.05, 0.1) is 12.7 Å². The molecule has 0 saturated heterocycles. The van der Waals surface area contributed by atoms with Gasteiger partial charge in [-0.25, -0.2) is 0 Å². The van der Waals surface area contributed by atoms with Gasteiger partial charge in [0.1, 0.15) is 0 Å². The molecule has 0 saturated carbocycles. The van der Waals surface area contributed by atoms with E-state index in [1.807, 2.05) is 0 Å². The van der Waals surface area contributed by atoms with E-state index in [4.69, 9.17) is 10.5 Å². The maximum atomic E-state index is 5.76. The molecule has 1 aromatic carbocycles. The molecular formula is C13H17NOS. The van der Waals surface area contributed by atoms with Gasteiger partial charge in [-0.05, 0) is 36.4 Å². The second-order valence-electron chi connectivity index (χ2n) is 4.12. The van der Waals surface area contributed by atoms with Crippen molar-refractivity contribution in [2.24, 2.45) is 5.73 Å². The average molecular weight is 235 g/mol. The van der Waals surface area contributed by atoms with Crippen LogP contribution in [-0.4, -0.2) is 6.10 Å². The minimum atomic E-state index is 0.264. The number of ether oxygens (including phenoxy) is 1. The molecule has 86 valence electrons. The molecule has 0 unspecified atom stereocenters. The first-order chi connectivity index (χ1) is 7.72. The lowest BCUT2D eigenvalue weighted by Gasteiger charge is -2.08. The zero-order chi connectivity index (χ0) is 11.5. The molecular weight excluding hydrogens is 218 g/mol. The number of hydrogen-bond donors (Lipinski definition) is 1. The van der Waals surface area contributed by atoms with E-state index < -0.39 is 0 Å². The fourth-order valence-corrected chi connectivity index (χ4v) is 2.76. The van der Waals surface area contributed by atoms with Crippen molar-refractivity contribution in [3.8, 4) is 0 Å². The molecule has 0 spiro atoms. The highest BCUT2D eigenvalue weighted by molar-refractivity contribution is 7.17. The average Bonchev–Trinajstić information content (AvgIpc) is 2.69. The molecule has 0 amide bonds. The van der Waals surface area contributed by atoms with Crippen molar-refractivity contribution in [2.75, 3.05) is 0 Å². The molecule has 0 aliphatic rings. The van der Waals surface area contributed by atoms with Gasteiger partial charge < -0.3 is 10.5 Å². The molecule has 2 rings (SSSR count). The summed E-state index contributed by atoms with van der Waals surface area (Å²) in [5, 5.41) is 3.46. The van der Waals surface area contributed by atoms with E-state index in [2.05, 4.69) is 37.4 Å². The fraction of sp³-hybridized carbons (Fsp3) is 0.385. The van der Waals surface area contributed by atoms with Gasteiger partial charge in [-0.15, -0.1) is 11.3 Å². The van der Waals surface area contributed by atoms with Crippen molar-refractivity contribution < 1.29 is 4.74 Å². The van der Waals surface area contributed by atoms with E-state index >= 15 is 0 Å². The van der Waals surface area contributed by atoms with Crippen molar-refractivity contribution in [1.82, 2.24) is 0 Å². The summed E-state index contributed by atoms with van der Waals surface area (Å²) in [5.74, 6) is 0. The molecule has 0 radical (unpaired) electrons. The Morgan fingerprint density at radius 1 is 1.31 bits per heavy atom. The first-order valence-electron chi connectivity index (χ1n) is 5.52. The lowest BCUT2D eigenvalue weighted by molar-refractivity contribution is 0.0666. The normalized spacial score (nSPS) is 11.5. The van der Waals surface area contributed by atoms with Gasteiger partial charge in [0.2, 0.25) is 0 Å². The van der Waals surface area contributed by atoms with E-state index in [0.29, 0.717) is 13.2 Å². The molecule has 3 heteroatoms. The molecule has 16 heavy (non-hydrogen) atoms. The number of benzene rings is 1. The van der Waals surface area contributed by atoms with E-state index in [9.17, 15) is 0 Å². The quantitative estimate of drug-likeness (QED) is 0.882. The van der Waals surface area contributed by atoms with Crippen LogP contribution in [0.3, 0.4) is 0 Å². The van der Waals surface area contributed by atoms with Gasteiger partial charge in [-0.2, -0.15) is 0 Å². The molecule has 1 heterocycles. The lowest BCUT2D eigenvalue weighted by atomic mass is 10.1. The minimum Gasteiger partial charge on any atom is -0.374 e. The van der Waals surface area contributed by atoms with Crippen LogP contribution in [0.15, 0.2) is 23.6 Å². The number of hydrogen-bond acceptors (Lipinski definition) is 3. The van der Waals surface area contributed by atoms with E-state index in [1.54, 1.807) is 11.3 Å². The highest BCUT2D eigenvalue weighted by Crippen LogP contribution is 2.29. The van der Waals surface area contributed by atoms with Gasteiger partial charge in [-0.1, -0.05) is 12.1 Å². The molecule has 2 N–H and O–H groups in total. The Hall–Kier alpha value is -0.900. The van der Waals surface area contributed by atoms with Gasteiger partial charge in [-0.3, -0.25) is 0 Å². The largest absolute Gasteiger partial charge is 0.374 e. The zero-order valence-corrected chi connectivity index (χ0v) is 10.5. The zero-order valence-electron chi connectivity index (χ0n) is 9.69. The maximum absolute atomic E-state index is 5.76. The Bertz CT molecular complexity index is 476. The molecule has 0 fully saturated rings. The maximum Gasteiger partial charge on any atom is 0.0734 e. The van der Waals surface area contributed by atoms with Crippen molar-refractivity contribution in [3.05, 3.63) is 34.7 Å². The van der Waals surface area contributed by atoms with Gasteiger partial charge >= 0.3 is 0 Å². The van der Waals surface area contributed by atoms with Crippen LogP contribution in [0, 0.1) is 0 Å². The van der Waals surface area contributed by atoms with Crippen LogP contribution in [0.4, 0.5) is 0 Å². The molecule has 2 nitrogen and oxygen atoms in total. The summed E-state index contributed by atoms with van der Waals surface area (Å²) in [6.07, 6.45) is 0.264. The van der Waals surface area contributed by atoms with Crippen LogP contribution in [-0.2, 0) is 17.9 Å². The summed E-state index contributed by atoms with van der Waals surface area (Å²) in [7, 11) is 0. The Kier molecular flexibility index (Phi) is 3.59. The molecule has 0 aliphatic carbocycles. The van der Waals surface area contributed by atoms with Crippen LogP contribution in [0.5, 0.6) is 0 Å². The third-order valence-electron chi connectivity index (χ3n) is 2.55. The highest BCUT2D eigenvalue weighted by Gasteiger charge is 2.08. The van der Waals surface area contributed by atoms with Crippen molar-refractivity contribution in [2.45, 2.75) is 33.1 Å². The van der Waals surface area contributed by atoms with E-state index in [-0.39, 0.29) is 6.10 Å². The summed E-state index contributed by atoms with van der Waals surface area (Å²) in [6.45, 7) is 5.37. The third kappa shape index (κ3) is 2.26. The highest BCUT2D eigenvalue weighted by atomic mass is 32.1. The molecule has 1 aromatic heterocycles. The second kappa shape index (κ2) is 4.95. The molecule has 0 aliphatic heterocycles. The minimum absolute atomic E-state index is 0.264. The Morgan fingerprint density at radius 2 is 2.12 bits per heavy atom. The number of rotatable bonds is 4. The molecule has 2 aromatic rings. The van der Waals surface area contributed by atoms with Crippen LogP contribution in [0.2, 0.25) is 0 Å². The lowest BCUT2D eigenvalue weighted by Crippen LogP contribution is -2.03. The second-order valence-corrected chi connectivity index (χ2v) is 5.03. The smallest absolute Gasteiger partial charge is 0.0734 e. The predicted molar refractivity (Wildman–Crippen MR) is 69.6 cm³/mol. The van der Waals surface area contributed by atoms with Crippen LogP contribution < -0.4 is 5.73 Å². The summed E-state index contributed by atoms with van der Waals surface area (Å²) in [4.78, 5) is 0. The van der Waals surface area contributed by atoms with Gasteiger partial charge in [0.15, 0.2) is 0 Å². The predicted octanol–water partition coefficient (Wildman–Crippen LogP) is 3.29. The van der Waals surface area contributed by atoms with Crippen LogP contribution in [0.1, 0.15) is 25.0 Å². The summed E-state index contributed by atoms with van der Waals surface area (Å²) in [6, 6.07) is 6.29. The van der Waals surface area contributed by atoms with Crippen LogP contribution in [0.25, 0.3) is 10.1 Å². The number of fused-ring (bicyclic) bond motifs is 1. The topological polar surface area (TPSA) is 35.2 Å². The summed E-state index contributed by atoms with van der Waals surface area (Å²) < 4.78 is 6.96. The van der Waals surface area contributed by atoms with Crippen LogP contribution >= 0.6 is 11.3 Å². The molecule has 0 atom stereocenters. The SMILES string of the molecule is CC(C)OCc1csc2cccc(CN)c12. The van der Waals surface area contributed by atoms with Gasteiger partial charge in [0.25, 0.3) is 0 Å². The summed E-state index contributed by atoms with van der Waals surface area (Å²) >= 11 is 1.76. The first kappa shape index (κ1) is 11.6. The van der Waals surface area contributed by atoms with Crippen molar-refractivity contribution >= 4 is 21.4 Å². The Balaban J connectivity index is 2.38. The standard InChI is InChI=1S/C13H17NOS/c1-9(2)15-7-11-8-16-12-5-3-4-10(6-14)13(11)12/h3-5,8-9H,6-7,14H2,1-2H3. The van der Waals surface area contributed by atoms with Crippen molar-refractivity contribution in [1.29, 1.82) is 0 Å². The van der Waals surface area contributed by atoms with Crippen molar-refractivity contribution in [3.63, 3.8) is 0 Å². The Labute approximate surface area is 100 Å². The summed E-state index contributed by atoms with van der Waals surface area (Å²) in [5.41, 5.74) is 8.23. The number of nitrogens with two attached hydrogens (primary N) is 1. The monoisotopic (exact) mass is 235 g/mol. The van der Waals surface area contributed by atoms with E-state index in [1.165, 1.54) is 21.2 Å². The van der Waals surface area contributed by atoms with Gasteiger partial charge in [0, 0.05) is 16.6 Å².